The van der Waals surface area contributed by atoms with Crippen LogP contribution in [-0.4, -0.2) is 42.0 Å². The summed E-state index contributed by atoms with van der Waals surface area (Å²) in [5.41, 5.74) is 1.63. The summed E-state index contributed by atoms with van der Waals surface area (Å²) < 4.78 is 10.8. The number of nitro benzene ring substituents is 1. The van der Waals surface area contributed by atoms with Gasteiger partial charge in [-0.1, -0.05) is 32.0 Å². The molecule has 1 aliphatic heterocycles. The molecule has 0 radical (unpaired) electrons. The lowest BCUT2D eigenvalue weighted by Crippen LogP contribution is -2.34. The standard InChI is InChI=1S/C22H28N2O6/c1-6-12-29-21(25)18-14(3)23(5)15(4)19(22(26)30-13-7-2)20(18)16-10-8-9-11-17(16)24(27)28/h8-11,20H,6-7,12-13H2,1-5H3. The van der Waals surface area contributed by atoms with Crippen molar-refractivity contribution < 1.29 is 24.0 Å². The van der Waals surface area contributed by atoms with Gasteiger partial charge in [-0.25, -0.2) is 9.59 Å². The van der Waals surface area contributed by atoms with Crippen LogP contribution in [-0.2, 0) is 19.1 Å². The summed E-state index contributed by atoms with van der Waals surface area (Å²) >= 11 is 0. The average molecular weight is 416 g/mol. The Hall–Kier alpha value is -3.16. The molecule has 162 valence electrons. The van der Waals surface area contributed by atoms with Gasteiger partial charge in [0.05, 0.1) is 35.2 Å². The van der Waals surface area contributed by atoms with Crippen LogP contribution in [0.3, 0.4) is 0 Å². The molecule has 1 aromatic rings. The van der Waals surface area contributed by atoms with Crippen LogP contribution in [0.4, 0.5) is 5.69 Å². The number of hydrogen-bond donors (Lipinski definition) is 0. The predicted octanol–water partition coefficient (Wildman–Crippen LogP) is 4.08. The van der Waals surface area contributed by atoms with Gasteiger partial charge in [0.25, 0.3) is 5.69 Å². The molecule has 0 bridgehead atoms. The molecule has 8 heteroatoms. The zero-order valence-corrected chi connectivity index (χ0v) is 18.1. The summed E-state index contributed by atoms with van der Waals surface area (Å²) in [5.74, 6) is -2.16. The van der Waals surface area contributed by atoms with Crippen LogP contribution in [0.25, 0.3) is 0 Å². The van der Waals surface area contributed by atoms with Gasteiger partial charge in [-0.2, -0.15) is 0 Å². The lowest BCUT2D eigenvalue weighted by atomic mass is 9.79. The molecule has 1 aromatic carbocycles. The maximum absolute atomic E-state index is 13.0. The van der Waals surface area contributed by atoms with Crippen molar-refractivity contribution in [1.29, 1.82) is 0 Å². The van der Waals surface area contributed by atoms with Crippen LogP contribution in [0.15, 0.2) is 46.8 Å². The lowest BCUT2D eigenvalue weighted by Gasteiger charge is -2.35. The van der Waals surface area contributed by atoms with Crippen molar-refractivity contribution in [1.82, 2.24) is 4.90 Å². The molecule has 0 unspecified atom stereocenters. The molecular formula is C22H28N2O6. The smallest absolute Gasteiger partial charge is 0.336 e. The Morgan fingerprint density at radius 3 is 1.90 bits per heavy atom. The molecule has 0 spiro atoms. The third-order valence-corrected chi connectivity index (χ3v) is 5.12. The molecule has 0 atom stereocenters. The van der Waals surface area contributed by atoms with E-state index in [0.717, 1.165) is 0 Å². The highest BCUT2D eigenvalue weighted by Crippen LogP contribution is 2.44. The Bertz CT molecular complexity index is 859. The molecule has 0 saturated carbocycles. The SMILES string of the molecule is CCCOC(=O)C1=C(C)N(C)C(C)=C(C(=O)OCCC)C1c1ccccc1[N+](=O)[O-]. The fourth-order valence-electron chi connectivity index (χ4n) is 3.46. The zero-order valence-electron chi connectivity index (χ0n) is 18.1. The van der Waals surface area contributed by atoms with Gasteiger partial charge in [-0.15, -0.1) is 0 Å². The fourth-order valence-corrected chi connectivity index (χ4v) is 3.46. The van der Waals surface area contributed by atoms with Gasteiger partial charge < -0.3 is 14.4 Å². The number of ether oxygens (including phenoxy) is 2. The maximum atomic E-state index is 13.0. The number of benzene rings is 1. The van der Waals surface area contributed by atoms with E-state index < -0.39 is 22.8 Å². The van der Waals surface area contributed by atoms with Crippen molar-refractivity contribution >= 4 is 17.6 Å². The Kier molecular flexibility index (Phi) is 7.74. The van der Waals surface area contributed by atoms with E-state index >= 15 is 0 Å². The van der Waals surface area contributed by atoms with Gasteiger partial charge in [0, 0.05) is 30.1 Å². The number of allylic oxidation sites excluding steroid dienone is 2. The Labute approximate surface area is 176 Å². The molecule has 1 aliphatic rings. The van der Waals surface area contributed by atoms with Crippen molar-refractivity contribution in [3.8, 4) is 0 Å². The van der Waals surface area contributed by atoms with E-state index in [1.54, 1.807) is 44.0 Å². The third-order valence-electron chi connectivity index (χ3n) is 5.12. The van der Waals surface area contributed by atoms with Crippen molar-refractivity contribution in [2.75, 3.05) is 20.3 Å². The molecule has 0 amide bonds. The van der Waals surface area contributed by atoms with Crippen LogP contribution in [0.1, 0.15) is 52.0 Å². The fraction of sp³-hybridized carbons (Fsp3) is 0.455. The van der Waals surface area contributed by atoms with E-state index in [-0.39, 0.29) is 35.6 Å². The van der Waals surface area contributed by atoms with E-state index in [2.05, 4.69) is 0 Å². The minimum atomic E-state index is -0.962. The summed E-state index contributed by atoms with van der Waals surface area (Å²) in [6, 6.07) is 6.13. The van der Waals surface area contributed by atoms with Crippen LogP contribution in [0, 0.1) is 10.1 Å². The second-order valence-corrected chi connectivity index (χ2v) is 7.08. The minimum Gasteiger partial charge on any atom is -0.462 e. The number of carbonyl (C=O) groups excluding carboxylic acids is 2. The first-order chi connectivity index (χ1) is 14.3. The van der Waals surface area contributed by atoms with Crippen LogP contribution in [0.2, 0.25) is 0 Å². The molecule has 0 aromatic heterocycles. The first-order valence-corrected chi connectivity index (χ1v) is 9.98. The number of rotatable bonds is 8. The third kappa shape index (κ3) is 4.53. The largest absolute Gasteiger partial charge is 0.462 e. The molecule has 1 heterocycles. The number of hydrogen-bond acceptors (Lipinski definition) is 7. The van der Waals surface area contributed by atoms with Gasteiger partial charge in [0.1, 0.15) is 0 Å². The van der Waals surface area contributed by atoms with Gasteiger partial charge in [-0.05, 0) is 26.7 Å². The van der Waals surface area contributed by atoms with E-state index in [9.17, 15) is 19.7 Å². The highest BCUT2D eigenvalue weighted by Gasteiger charge is 2.42. The molecular weight excluding hydrogens is 388 g/mol. The van der Waals surface area contributed by atoms with E-state index in [1.165, 1.54) is 6.07 Å². The van der Waals surface area contributed by atoms with Crippen LogP contribution < -0.4 is 0 Å². The van der Waals surface area contributed by atoms with Crippen LogP contribution in [0.5, 0.6) is 0 Å². The number of nitrogens with zero attached hydrogens (tertiary/aromatic N) is 2. The summed E-state index contributed by atoms with van der Waals surface area (Å²) in [6.45, 7) is 7.64. The van der Waals surface area contributed by atoms with Gasteiger partial charge in [-0.3, -0.25) is 10.1 Å². The van der Waals surface area contributed by atoms with Crippen LogP contribution >= 0.6 is 0 Å². The van der Waals surface area contributed by atoms with E-state index in [4.69, 9.17) is 9.47 Å². The molecule has 0 N–H and O–H groups in total. The van der Waals surface area contributed by atoms with E-state index in [0.29, 0.717) is 24.2 Å². The average Bonchev–Trinajstić information content (AvgIpc) is 2.73. The quantitative estimate of drug-likeness (QED) is 0.358. The lowest BCUT2D eigenvalue weighted by molar-refractivity contribution is -0.385. The number of nitro groups is 1. The van der Waals surface area contributed by atoms with E-state index in [1.807, 2.05) is 13.8 Å². The Morgan fingerprint density at radius 1 is 1.00 bits per heavy atom. The summed E-state index contributed by atoms with van der Waals surface area (Å²) in [5, 5.41) is 11.7. The molecule has 0 fully saturated rings. The second kappa shape index (κ2) is 10.0. The highest BCUT2D eigenvalue weighted by atomic mass is 16.6. The Morgan fingerprint density at radius 2 is 1.47 bits per heavy atom. The summed E-state index contributed by atoms with van der Waals surface area (Å²) in [4.78, 5) is 39.0. The summed E-state index contributed by atoms with van der Waals surface area (Å²) in [6.07, 6.45) is 1.26. The first-order valence-electron chi connectivity index (χ1n) is 9.98. The van der Waals surface area contributed by atoms with Crippen molar-refractivity contribution in [3.05, 3.63) is 62.5 Å². The second-order valence-electron chi connectivity index (χ2n) is 7.08. The summed E-state index contributed by atoms with van der Waals surface area (Å²) in [7, 11) is 1.74. The molecule has 0 saturated heterocycles. The van der Waals surface area contributed by atoms with Gasteiger partial charge in [0.15, 0.2) is 0 Å². The number of carbonyl (C=O) groups is 2. The normalized spacial score (nSPS) is 14.8. The number of para-hydroxylation sites is 1. The Balaban J connectivity index is 2.75. The topological polar surface area (TPSA) is 99.0 Å². The zero-order chi connectivity index (χ0) is 22.4. The molecule has 30 heavy (non-hydrogen) atoms. The van der Waals surface area contributed by atoms with Crippen molar-refractivity contribution in [2.24, 2.45) is 0 Å². The van der Waals surface area contributed by atoms with Crippen molar-refractivity contribution in [3.63, 3.8) is 0 Å². The van der Waals surface area contributed by atoms with Crippen molar-refractivity contribution in [2.45, 2.75) is 46.5 Å². The molecule has 0 aliphatic carbocycles. The number of esters is 2. The molecule has 8 nitrogen and oxygen atoms in total. The monoisotopic (exact) mass is 416 g/mol. The molecule has 2 rings (SSSR count). The first kappa shape index (κ1) is 23.1. The highest BCUT2D eigenvalue weighted by molar-refractivity contribution is 6.00. The maximum Gasteiger partial charge on any atom is 0.336 e. The van der Waals surface area contributed by atoms with Gasteiger partial charge >= 0.3 is 11.9 Å². The van der Waals surface area contributed by atoms with Gasteiger partial charge in [0.2, 0.25) is 0 Å². The minimum absolute atomic E-state index is 0.172. The predicted molar refractivity (Wildman–Crippen MR) is 112 cm³/mol.